The SMILES string of the molecule is CN(Cc1cnc2ccccn12)Cc1c(C(=O)N(C)Cc2ccccc2)nc2ccccn12. The van der Waals surface area contributed by atoms with E-state index in [4.69, 9.17) is 4.98 Å². The van der Waals surface area contributed by atoms with Crippen molar-refractivity contribution in [3.05, 3.63) is 108 Å². The fraction of sp³-hybridized carbons (Fsp3) is 0.192. The second-order valence-corrected chi connectivity index (χ2v) is 8.33. The van der Waals surface area contributed by atoms with E-state index >= 15 is 0 Å². The fourth-order valence-corrected chi connectivity index (χ4v) is 4.17. The van der Waals surface area contributed by atoms with Crippen LogP contribution in [0, 0.1) is 0 Å². The molecule has 0 aliphatic carbocycles. The molecule has 0 aliphatic heterocycles. The summed E-state index contributed by atoms with van der Waals surface area (Å²) < 4.78 is 4.10. The van der Waals surface area contributed by atoms with Gasteiger partial charge < -0.3 is 13.7 Å². The maximum Gasteiger partial charge on any atom is 0.274 e. The number of fused-ring (bicyclic) bond motifs is 2. The van der Waals surface area contributed by atoms with Crippen molar-refractivity contribution in [3.63, 3.8) is 0 Å². The summed E-state index contributed by atoms with van der Waals surface area (Å²) in [5, 5.41) is 0. The van der Waals surface area contributed by atoms with Crippen molar-refractivity contribution in [2.45, 2.75) is 19.6 Å². The molecule has 0 spiro atoms. The minimum absolute atomic E-state index is 0.0826. The molecule has 1 aromatic carbocycles. The highest BCUT2D eigenvalue weighted by atomic mass is 16.2. The van der Waals surface area contributed by atoms with E-state index < -0.39 is 0 Å². The molecule has 0 bridgehead atoms. The minimum Gasteiger partial charge on any atom is -0.336 e. The van der Waals surface area contributed by atoms with Crippen molar-refractivity contribution in [1.29, 1.82) is 0 Å². The summed E-state index contributed by atoms with van der Waals surface area (Å²) >= 11 is 0. The average Bonchev–Trinajstić information content (AvgIpc) is 3.41. The smallest absolute Gasteiger partial charge is 0.274 e. The first kappa shape index (κ1) is 20.9. The molecule has 0 saturated carbocycles. The van der Waals surface area contributed by atoms with Gasteiger partial charge in [0.2, 0.25) is 0 Å². The van der Waals surface area contributed by atoms with Gasteiger partial charge in [-0.05, 0) is 36.9 Å². The van der Waals surface area contributed by atoms with Crippen LogP contribution < -0.4 is 0 Å². The molecular formula is C26H26N6O. The first-order valence-electron chi connectivity index (χ1n) is 10.9. The molecule has 7 heteroatoms. The Morgan fingerprint density at radius 3 is 2.30 bits per heavy atom. The number of carbonyl (C=O) groups is 1. The predicted molar refractivity (Wildman–Crippen MR) is 128 cm³/mol. The monoisotopic (exact) mass is 438 g/mol. The summed E-state index contributed by atoms with van der Waals surface area (Å²) in [6, 6.07) is 21.8. The van der Waals surface area contributed by atoms with Crippen LogP contribution in [0.1, 0.15) is 27.4 Å². The van der Waals surface area contributed by atoms with Crippen LogP contribution in [0.5, 0.6) is 0 Å². The van der Waals surface area contributed by atoms with E-state index in [1.807, 2.05) is 104 Å². The Balaban J connectivity index is 1.42. The van der Waals surface area contributed by atoms with Gasteiger partial charge in [-0.3, -0.25) is 9.69 Å². The van der Waals surface area contributed by atoms with Gasteiger partial charge >= 0.3 is 0 Å². The van der Waals surface area contributed by atoms with E-state index in [1.54, 1.807) is 4.90 Å². The van der Waals surface area contributed by atoms with Crippen LogP contribution in [0.25, 0.3) is 11.3 Å². The van der Waals surface area contributed by atoms with Gasteiger partial charge in [0.15, 0.2) is 5.69 Å². The van der Waals surface area contributed by atoms with Crippen molar-refractivity contribution in [2.75, 3.05) is 14.1 Å². The molecule has 1 amide bonds. The van der Waals surface area contributed by atoms with E-state index in [0.29, 0.717) is 25.3 Å². The normalized spacial score (nSPS) is 11.5. The molecule has 5 rings (SSSR count). The molecule has 0 aliphatic rings. The van der Waals surface area contributed by atoms with Crippen molar-refractivity contribution < 1.29 is 4.79 Å². The molecule has 5 aromatic rings. The van der Waals surface area contributed by atoms with Crippen LogP contribution in [0.2, 0.25) is 0 Å². The first-order valence-corrected chi connectivity index (χ1v) is 10.9. The lowest BCUT2D eigenvalue weighted by atomic mass is 10.2. The summed E-state index contributed by atoms with van der Waals surface area (Å²) in [6.45, 7) is 1.80. The lowest BCUT2D eigenvalue weighted by Gasteiger charge is -2.19. The van der Waals surface area contributed by atoms with Crippen LogP contribution in [0.15, 0.2) is 85.3 Å². The zero-order valence-corrected chi connectivity index (χ0v) is 18.8. The van der Waals surface area contributed by atoms with Crippen LogP contribution >= 0.6 is 0 Å². The predicted octanol–water partition coefficient (Wildman–Crippen LogP) is 3.89. The van der Waals surface area contributed by atoms with Crippen molar-refractivity contribution >= 4 is 17.2 Å². The number of nitrogens with zero attached hydrogens (tertiary/aromatic N) is 6. The highest BCUT2D eigenvalue weighted by Gasteiger charge is 2.23. The van der Waals surface area contributed by atoms with Gasteiger partial charge in [-0.2, -0.15) is 0 Å². The number of amides is 1. The number of aromatic nitrogens is 4. The van der Waals surface area contributed by atoms with Gasteiger partial charge in [-0.15, -0.1) is 0 Å². The number of rotatable bonds is 7. The molecule has 4 aromatic heterocycles. The molecule has 0 saturated heterocycles. The quantitative estimate of drug-likeness (QED) is 0.387. The van der Waals surface area contributed by atoms with Gasteiger partial charge in [0.25, 0.3) is 5.91 Å². The number of pyridine rings is 2. The van der Waals surface area contributed by atoms with Gasteiger partial charge in [0.1, 0.15) is 11.3 Å². The van der Waals surface area contributed by atoms with E-state index in [0.717, 1.165) is 28.2 Å². The number of benzene rings is 1. The largest absolute Gasteiger partial charge is 0.336 e. The van der Waals surface area contributed by atoms with Crippen molar-refractivity contribution in [2.24, 2.45) is 0 Å². The molecule has 4 heterocycles. The van der Waals surface area contributed by atoms with Crippen LogP contribution in [-0.2, 0) is 19.6 Å². The second kappa shape index (κ2) is 8.88. The second-order valence-electron chi connectivity index (χ2n) is 8.33. The number of hydrogen-bond donors (Lipinski definition) is 0. The lowest BCUT2D eigenvalue weighted by molar-refractivity contribution is 0.0777. The zero-order valence-electron chi connectivity index (χ0n) is 18.8. The first-order chi connectivity index (χ1) is 16.1. The molecule has 0 N–H and O–H groups in total. The number of carbonyl (C=O) groups excluding carboxylic acids is 1. The van der Waals surface area contributed by atoms with Crippen molar-refractivity contribution in [3.8, 4) is 0 Å². The van der Waals surface area contributed by atoms with E-state index in [-0.39, 0.29) is 5.91 Å². The summed E-state index contributed by atoms with van der Waals surface area (Å²) in [7, 11) is 3.87. The third-order valence-electron chi connectivity index (χ3n) is 5.79. The Labute approximate surface area is 192 Å². The van der Waals surface area contributed by atoms with Crippen LogP contribution in [-0.4, -0.2) is 48.6 Å². The third kappa shape index (κ3) is 4.23. The summed E-state index contributed by atoms with van der Waals surface area (Å²) in [4.78, 5) is 26.5. The van der Waals surface area contributed by atoms with E-state index in [2.05, 4.69) is 14.3 Å². The minimum atomic E-state index is -0.0826. The molecule has 33 heavy (non-hydrogen) atoms. The molecular weight excluding hydrogens is 412 g/mol. The Morgan fingerprint density at radius 2 is 1.52 bits per heavy atom. The molecule has 0 radical (unpaired) electrons. The third-order valence-corrected chi connectivity index (χ3v) is 5.79. The maximum absolute atomic E-state index is 13.4. The number of imidazole rings is 2. The zero-order chi connectivity index (χ0) is 22.8. The summed E-state index contributed by atoms with van der Waals surface area (Å²) in [5.41, 5.74) is 5.25. The van der Waals surface area contributed by atoms with Gasteiger partial charge in [0, 0.05) is 39.1 Å². The van der Waals surface area contributed by atoms with Crippen LogP contribution in [0.3, 0.4) is 0 Å². The van der Waals surface area contributed by atoms with E-state index in [1.165, 1.54) is 0 Å². The highest BCUT2D eigenvalue weighted by molar-refractivity contribution is 5.94. The maximum atomic E-state index is 13.4. The molecule has 0 unspecified atom stereocenters. The van der Waals surface area contributed by atoms with E-state index in [9.17, 15) is 4.79 Å². The molecule has 166 valence electrons. The highest BCUT2D eigenvalue weighted by Crippen LogP contribution is 2.19. The Morgan fingerprint density at radius 1 is 0.818 bits per heavy atom. The van der Waals surface area contributed by atoms with Crippen molar-refractivity contribution in [1.82, 2.24) is 28.6 Å². The summed E-state index contributed by atoms with van der Waals surface area (Å²) in [5.74, 6) is -0.0826. The summed E-state index contributed by atoms with van der Waals surface area (Å²) in [6.07, 6.45) is 5.89. The lowest BCUT2D eigenvalue weighted by Crippen LogP contribution is -2.29. The number of hydrogen-bond acceptors (Lipinski definition) is 4. The fourth-order valence-electron chi connectivity index (χ4n) is 4.17. The standard InChI is InChI=1S/C26H26N6O/c1-29(18-21-16-27-23-12-6-8-14-31(21)23)19-22-25(28-24-13-7-9-15-32(22)24)26(33)30(2)17-20-10-4-3-5-11-20/h3-16H,17-19H2,1-2H3. The molecule has 0 atom stereocenters. The average molecular weight is 439 g/mol. The molecule has 7 nitrogen and oxygen atoms in total. The topological polar surface area (TPSA) is 58.2 Å². The molecule has 0 fully saturated rings. The van der Waals surface area contributed by atoms with Crippen LogP contribution in [0.4, 0.5) is 0 Å². The Bertz CT molecular complexity index is 1400. The Kier molecular flexibility index (Phi) is 5.62. The van der Waals surface area contributed by atoms with Gasteiger partial charge in [-0.1, -0.05) is 42.5 Å². The Hall–Kier alpha value is -3.97. The van der Waals surface area contributed by atoms with Gasteiger partial charge in [0.05, 0.1) is 17.6 Å². The van der Waals surface area contributed by atoms with Gasteiger partial charge in [-0.25, -0.2) is 9.97 Å².